The maximum atomic E-state index is 12.6. The number of carbonyl (C=O) groups is 1. The third kappa shape index (κ3) is 5.59. The van der Waals surface area contributed by atoms with Gasteiger partial charge in [0.1, 0.15) is 11.6 Å². The van der Waals surface area contributed by atoms with E-state index in [1.165, 1.54) is 6.20 Å². The van der Waals surface area contributed by atoms with E-state index in [4.69, 9.17) is 4.74 Å². The van der Waals surface area contributed by atoms with E-state index in [0.717, 1.165) is 42.0 Å². The minimum atomic E-state index is -0.185. The number of nitrogens with zero attached hydrogens (tertiary/aromatic N) is 4. The highest BCUT2D eigenvalue weighted by atomic mass is 79.9. The van der Waals surface area contributed by atoms with Crippen LogP contribution in [-0.2, 0) is 6.54 Å². The summed E-state index contributed by atoms with van der Waals surface area (Å²) in [5, 5.41) is 2.98. The van der Waals surface area contributed by atoms with Crippen LogP contribution in [0.3, 0.4) is 0 Å². The van der Waals surface area contributed by atoms with Crippen LogP contribution in [0.2, 0.25) is 0 Å². The van der Waals surface area contributed by atoms with Gasteiger partial charge in [-0.25, -0.2) is 9.97 Å². The zero-order valence-electron chi connectivity index (χ0n) is 17.3. The second-order valence-electron chi connectivity index (χ2n) is 7.40. The molecule has 7 nitrogen and oxygen atoms in total. The Labute approximate surface area is 190 Å². The molecule has 0 unspecified atom stereocenters. The topological polar surface area (TPSA) is 70.6 Å². The molecule has 160 valence electrons. The molecule has 4 rings (SSSR count). The highest BCUT2D eigenvalue weighted by Crippen LogP contribution is 2.23. The SMILES string of the molecule is CN1CCN(c2ncccc2CNC(=O)c2ccc(Oc3cccc(Br)c3)nc2)CC1. The van der Waals surface area contributed by atoms with Crippen LogP contribution in [-0.4, -0.2) is 54.0 Å². The van der Waals surface area contributed by atoms with Crippen LogP contribution in [0, 0.1) is 0 Å². The lowest BCUT2D eigenvalue weighted by molar-refractivity contribution is 0.0950. The Kier molecular flexibility index (Phi) is 6.79. The fourth-order valence-electron chi connectivity index (χ4n) is 3.38. The number of likely N-dealkylation sites (N-methyl/N-ethyl adjacent to an activating group) is 1. The molecule has 0 saturated carbocycles. The normalized spacial score (nSPS) is 14.3. The lowest BCUT2D eigenvalue weighted by Crippen LogP contribution is -2.45. The van der Waals surface area contributed by atoms with Crippen molar-refractivity contribution in [2.24, 2.45) is 0 Å². The molecule has 1 fully saturated rings. The van der Waals surface area contributed by atoms with Crippen molar-refractivity contribution < 1.29 is 9.53 Å². The first kappa shape index (κ1) is 21.3. The van der Waals surface area contributed by atoms with E-state index in [2.05, 4.69) is 48.1 Å². The fraction of sp³-hybridized carbons (Fsp3) is 0.261. The highest BCUT2D eigenvalue weighted by molar-refractivity contribution is 9.10. The molecule has 8 heteroatoms. The van der Waals surface area contributed by atoms with Crippen molar-refractivity contribution in [3.8, 4) is 11.6 Å². The van der Waals surface area contributed by atoms with Crippen molar-refractivity contribution in [2.45, 2.75) is 6.54 Å². The summed E-state index contributed by atoms with van der Waals surface area (Å²) < 4.78 is 6.65. The standard InChI is InChI=1S/C23H24BrN5O2/c1-28-10-12-29(13-11-28)22-17(4-3-9-25-22)15-27-23(30)18-7-8-21(26-16-18)31-20-6-2-5-19(24)14-20/h2-9,14,16H,10-13,15H2,1H3,(H,27,30). The summed E-state index contributed by atoms with van der Waals surface area (Å²) in [6.45, 7) is 4.27. The van der Waals surface area contributed by atoms with Crippen LogP contribution < -0.4 is 15.0 Å². The van der Waals surface area contributed by atoms with Gasteiger partial charge in [0.15, 0.2) is 0 Å². The Morgan fingerprint density at radius 2 is 1.94 bits per heavy atom. The molecule has 3 aromatic rings. The van der Waals surface area contributed by atoms with Gasteiger partial charge in [-0.05, 0) is 37.4 Å². The van der Waals surface area contributed by atoms with Crippen LogP contribution in [0.25, 0.3) is 0 Å². The molecule has 0 bridgehead atoms. The average Bonchev–Trinajstić information content (AvgIpc) is 2.79. The van der Waals surface area contributed by atoms with Gasteiger partial charge >= 0.3 is 0 Å². The Morgan fingerprint density at radius 1 is 1.10 bits per heavy atom. The second-order valence-corrected chi connectivity index (χ2v) is 8.32. The molecule has 1 aromatic carbocycles. The Hall–Kier alpha value is -2.97. The third-order valence-corrected chi connectivity index (χ3v) is 5.62. The molecular formula is C23H24BrN5O2. The average molecular weight is 482 g/mol. The summed E-state index contributed by atoms with van der Waals surface area (Å²) in [7, 11) is 2.13. The van der Waals surface area contributed by atoms with E-state index in [1.54, 1.807) is 18.3 Å². The number of hydrogen-bond acceptors (Lipinski definition) is 6. The van der Waals surface area contributed by atoms with Gasteiger partial charge in [0.2, 0.25) is 5.88 Å². The first-order valence-corrected chi connectivity index (χ1v) is 10.9. The summed E-state index contributed by atoms with van der Waals surface area (Å²) in [6, 6.07) is 14.8. The smallest absolute Gasteiger partial charge is 0.253 e. The summed E-state index contributed by atoms with van der Waals surface area (Å²) in [4.78, 5) is 26.0. The van der Waals surface area contributed by atoms with Gasteiger partial charge in [-0.15, -0.1) is 0 Å². The van der Waals surface area contributed by atoms with Gasteiger partial charge in [-0.2, -0.15) is 0 Å². The Bertz CT molecular complexity index is 1040. The number of anilines is 1. The predicted molar refractivity (Wildman–Crippen MR) is 124 cm³/mol. The van der Waals surface area contributed by atoms with E-state index in [9.17, 15) is 4.79 Å². The molecular weight excluding hydrogens is 458 g/mol. The maximum absolute atomic E-state index is 12.6. The molecule has 1 N–H and O–H groups in total. The second kappa shape index (κ2) is 9.89. The molecule has 1 saturated heterocycles. The van der Waals surface area contributed by atoms with Crippen molar-refractivity contribution >= 4 is 27.7 Å². The van der Waals surface area contributed by atoms with Crippen molar-refractivity contribution in [3.05, 3.63) is 76.5 Å². The molecule has 1 amide bonds. The number of nitrogens with one attached hydrogen (secondary N) is 1. The number of carbonyl (C=O) groups excluding carboxylic acids is 1. The number of piperazine rings is 1. The Morgan fingerprint density at radius 3 is 2.68 bits per heavy atom. The molecule has 1 aliphatic rings. The first-order chi connectivity index (χ1) is 15.1. The van der Waals surface area contributed by atoms with Gasteiger partial charge < -0.3 is 19.9 Å². The largest absolute Gasteiger partial charge is 0.439 e. The van der Waals surface area contributed by atoms with Crippen molar-refractivity contribution in [3.63, 3.8) is 0 Å². The lowest BCUT2D eigenvalue weighted by atomic mass is 10.2. The highest BCUT2D eigenvalue weighted by Gasteiger charge is 2.18. The van der Waals surface area contributed by atoms with Crippen LogP contribution in [0.4, 0.5) is 5.82 Å². The number of pyridine rings is 2. The zero-order chi connectivity index (χ0) is 21.6. The minimum absolute atomic E-state index is 0.185. The van der Waals surface area contributed by atoms with E-state index < -0.39 is 0 Å². The summed E-state index contributed by atoms with van der Waals surface area (Å²) in [5.74, 6) is 1.85. The predicted octanol–water partition coefficient (Wildman–Crippen LogP) is 3.71. The molecule has 0 atom stereocenters. The quantitative estimate of drug-likeness (QED) is 0.578. The Balaban J connectivity index is 1.37. The van der Waals surface area contributed by atoms with Gasteiger partial charge in [-0.1, -0.05) is 28.1 Å². The summed E-state index contributed by atoms with van der Waals surface area (Å²) >= 11 is 3.41. The van der Waals surface area contributed by atoms with Crippen LogP contribution in [0.1, 0.15) is 15.9 Å². The molecule has 1 aliphatic heterocycles. The van der Waals surface area contributed by atoms with Crippen LogP contribution >= 0.6 is 15.9 Å². The van der Waals surface area contributed by atoms with Crippen molar-refractivity contribution in [2.75, 3.05) is 38.1 Å². The van der Waals surface area contributed by atoms with Crippen LogP contribution in [0.15, 0.2) is 65.4 Å². The number of halogens is 1. The monoisotopic (exact) mass is 481 g/mol. The lowest BCUT2D eigenvalue weighted by Gasteiger charge is -2.34. The van der Waals surface area contributed by atoms with Gasteiger partial charge in [0.05, 0.1) is 5.56 Å². The first-order valence-electron chi connectivity index (χ1n) is 10.1. The zero-order valence-corrected chi connectivity index (χ0v) is 18.9. The van der Waals surface area contributed by atoms with Gasteiger partial charge in [0.25, 0.3) is 5.91 Å². The number of benzene rings is 1. The van der Waals surface area contributed by atoms with E-state index in [0.29, 0.717) is 23.7 Å². The summed E-state index contributed by atoms with van der Waals surface area (Å²) in [6.07, 6.45) is 3.32. The van der Waals surface area contributed by atoms with Gasteiger partial charge in [0, 0.05) is 61.2 Å². The molecule has 0 radical (unpaired) electrons. The van der Waals surface area contributed by atoms with Crippen LogP contribution in [0.5, 0.6) is 11.6 Å². The number of amides is 1. The minimum Gasteiger partial charge on any atom is -0.439 e. The third-order valence-electron chi connectivity index (χ3n) is 5.13. The van der Waals surface area contributed by atoms with E-state index >= 15 is 0 Å². The molecule has 3 heterocycles. The molecule has 2 aromatic heterocycles. The number of aromatic nitrogens is 2. The van der Waals surface area contributed by atoms with E-state index in [1.807, 2.05) is 36.4 Å². The number of hydrogen-bond donors (Lipinski definition) is 1. The number of rotatable bonds is 6. The summed E-state index contributed by atoms with van der Waals surface area (Å²) in [5.41, 5.74) is 1.48. The number of ether oxygens (including phenoxy) is 1. The van der Waals surface area contributed by atoms with Gasteiger partial charge in [-0.3, -0.25) is 4.79 Å². The molecule has 0 aliphatic carbocycles. The van der Waals surface area contributed by atoms with Crippen molar-refractivity contribution in [1.29, 1.82) is 0 Å². The maximum Gasteiger partial charge on any atom is 0.253 e. The van der Waals surface area contributed by atoms with Crippen molar-refractivity contribution in [1.82, 2.24) is 20.2 Å². The fourth-order valence-corrected chi connectivity index (χ4v) is 3.75. The molecule has 0 spiro atoms. The van der Waals surface area contributed by atoms with E-state index in [-0.39, 0.29) is 5.91 Å². The molecule has 31 heavy (non-hydrogen) atoms.